The van der Waals surface area contributed by atoms with Crippen LogP contribution < -0.4 is 25.4 Å². The largest absolute Gasteiger partial charge is 0.511 e. The number of nitrogens with two attached hydrogens (primary N) is 2. The van der Waals surface area contributed by atoms with E-state index >= 15 is 0 Å². The van der Waals surface area contributed by atoms with Crippen molar-refractivity contribution in [1.29, 1.82) is 0 Å². The third kappa shape index (κ3) is 6.16. The van der Waals surface area contributed by atoms with Crippen LogP contribution in [-0.2, 0) is 17.7 Å². The first-order valence-corrected chi connectivity index (χ1v) is 13.5. The van der Waals surface area contributed by atoms with Crippen molar-refractivity contribution in [2.45, 2.75) is 13.0 Å². The second-order valence-corrected chi connectivity index (χ2v) is 10.3. The number of hydrogen-bond donors (Lipinski definition) is 3. The molecule has 0 bridgehead atoms. The minimum Gasteiger partial charge on any atom is -0.493 e. The fourth-order valence-electron chi connectivity index (χ4n) is 5.15. The molecule has 5 N–H and O–H groups in total. The maximum absolute atomic E-state index is 13.2. The molecule has 1 atom stereocenters. The predicted octanol–water partition coefficient (Wildman–Crippen LogP) is 4.52. The molecule has 1 unspecified atom stereocenters. The maximum atomic E-state index is 13.2. The van der Waals surface area contributed by atoms with Gasteiger partial charge >= 0.3 is 6.16 Å². The van der Waals surface area contributed by atoms with Gasteiger partial charge in [0.25, 0.3) is 0 Å². The highest BCUT2D eigenvalue weighted by Gasteiger charge is 2.39. The van der Waals surface area contributed by atoms with Gasteiger partial charge in [0.05, 0.1) is 32.4 Å². The summed E-state index contributed by atoms with van der Waals surface area (Å²) in [6.45, 7) is 0.440. The van der Waals surface area contributed by atoms with Crippen LogP contribution >= 0.6 is 0 Å². The van der Waals surface area contributed by atoms with E-state index in [9.17, 15) is 14.7 Å². The third-order valence-corrected chi connectivity index (χ3v) is 7.16. The molecular formula is C33H30N5O6+. The molecule has 44 heavy (non-hydrogen) atoms. The van der Waals surface area contributed by atoms with Gasteiger partial charge in [0, 0.05) is 35.4 Å². The van der Waals surface area contributed by atoms with Crippen LogP contribution in [0.1, 0.15) is 38.2 Å². The van der Waals surface area contributed by atoms with Crippen molar-refractivity contribution < 1.29 is 28.9 Å². The van der Waals surface area contributed by atoms with Crippen LogP contribution in [0.25, 0.3) is 0 Å². The third-order valence-electron chi connectivity index (χ3n) is 7.16. The van der Waals surface area contributed by atoms with Crippen molar-refractivity contribution in [1.82, 2.24) is 14.5 Å². The van der Waals surface area contributed by atoms with E-state index in [-0.39, 0.29) is 22.0 Å². The number of ether oxygens (including phenoxy) is 3. The first kappa shape index (κ1) is 29.6. The number of allylic oxidation sites excluding steroid dienone is 1. The number of Topliss-reactive ketones (excluding diaryl/α,β-unsaturated/α-hetero) is 1. The minimum absolute atomic E-state index is 0.0843. The van der Waals surface area contributed by atoms with Crippen LogP contribution in [-0.4, -0.2) is 48.3 Å². The molecule has 0 spiro atoms. The van der Waals surface area contributed by atoms with Gasteiger partial charge in [0.2, 0.25) is 17.5 Å². The molecule has 5 rings (SSSR count). The molecule has 1 aliphatic rings. The van der Waals surface area contributed by atoms with Gasteiger partial charge in [-0.3, -0.25) is 9.28 Å². The van der Waals surface area contributed by atoms with Crippen LogP contribution in [0, 0.1) is 11.8 Å². The van der Waals surface area contributed by atoms with E-state index in [1.54, 1.807) is 25.4 Å². The summed E-state index contributed by atoms with van der Waals surface area (Å²) in [6, 6.07) is 18.6. The SMILES string of the molecule is COc1cc(Cc2cnc(N)nc2N)cc(C#Cc2ccc3c(c2)[N+](C)(Cc2ccccc2)C=C(OC(=O)O)C3=O)c1OC. The summed E-state index contributed by atoms with van der Waals surface area (Å²) in [5, 5.41) is 9.24. The first-order valence-electron chi connectivity index (χ1n) is 13.5. The molecule has 2 heterocycles. The number of ketones is 1. The molecule has 11 nitrogen and oxygen atoms in total. The Kier molecular flexibility index (Phi) is 8.19. The van der Waals surface area contributed by atoms with Crippen LogP contribution in [0.4, 0.5) is 22.2 Å². The van der Waals surface area contributed by atoms with E-state index in [0.717, 1.165) is 11.1 Å². The van der Waals surface area contributed by atoms with Gasteiger partial charge in [-0.05, 0) is 29.8 Å². The average molecular weight is 593 g/mol. The second kappa shape index (κ2) is 12.2. The Morgan fingerprint density at radius 2 is 1.77 bits per heavy atom. The lowest BCUT2D eigenvalue weighted by Crippen LogP contribution is -2.43. The number of nitrogens with zero attached hydrogens (tertiary/aromatic N) is 3. The van der Waals surface area contributed by atoms with Crippen molar-refractivity contribution in [2.75, 3.05) is 32.7 Å². The van der Waals surface area contributed by atoms with E-state index in [1.807, 2.05) is 55.6 Å². The highest BCUT2D eigenvalue weighted by molar-refractivity contribution is 6.13. The zero-order valence-electron chi connectivity index (χ0n) is 24.3. The van der Waals surface area contributed by atoms with Gasteiger partial charge in [-0.1, -0.05) is 42.2 Å². The average Bonchev–Trinajstić information content (AvgIpc) is 3.00. The van der Waals surface area contributed by atoms with E-state index in [4.69, 9.17) is 25.7 Å². The molecule has 1 aliphatic heterocycles. The fourth-order valence-corrected chi connectivity index (χ4v) is 5.15. The minimum atomic E-state index is -1.56. The van der Waals surface area contributed by atoms with Crippen LogP contribution in [0.15, 0.2) is 78.8 Å². The number of rotatable bonds is 7. The topological polar surface area (TPSA) is 160 Å². The normalized spacial score (nSPS) is 15.3. The smallest absolute Gasteiger partial charge is 0.493 e. The van der Waals surface area contributed by atoms with Gasteiger partial charge in [0.1, 0.15) is 24.2 Å². The number of aromatic nitrogens is 2. The number of quaternary nitrogens is 1. The number of fused-ring (bicyclic) bond motifs is 1. The van der Waals surface area contributed by atoms with Crippen molar-refractivity contribution in [3.63, 3.8) is 0 Å². The molecule has 0 amide bonds. The quantitative estimate of drug-likeness (QED) is 0.158. The van der Waals surface area contributed by atoms with Crippen molar-refractivity contribution >= 4 is 29.4 Å². The molecule has 0 saturated carbocycles. The number of carboxylic acid groups (broad SMARTS) is 1. The van der Waals surface area contributed by atoms with E-state index < -0.39 is 11.9 Å². The number of hydrogen-bond acceptors (Lipinski definition) is 9. The number of nitrogen functional groups attached to an aromatic ring is 2. The molecule has 0 aliphatic carbocycles. The summed E-state index contributed by atoms with van der Waals surface area (Å²) in [6.07, 6.45) is 1.96. The number of carbonyl (C=O) groups is 2. The van der Waals surface area contributed by atoms with Crippen LogP contribution in [0.2, 0.25) is 0 Å². The number of anilines is 2. The summed E-state index contributed by atoms with van der Waals surface area (Å²) >= 11 is 0. The van der Waals surface area contributed by atoms with E-state index in [0.29, 0.717) is 52.4 Å². The standard InChI is InChI=1S/C33H29N5O6/c1-38(18-21-7-5-4-6-8-21)19-28(44-33(40)41)29(39)25-12-10-20(15-26(25)38)9-11-23-13-22(16-27(42-2)30(23)43-3)14-24-17-36-32(35)37-31(24)34/h4-8,10,12-13,15-17,19H,14,18H2,1-3H3,(H4-,34,35,36,37,40,41)/p+1. The van der Waals surface area contributed by atoms with Gasteiger partial charge in [0.15, 0.2) is 11.5 Å². The van der Waals surface area contributed by atoms with Crippen molar-refractivity contribution in [3.8, 4) is 23.3 Å². The molecule has 1 aromatic heterocycles. The van der Waals surface area contributed by atoms with Gasteiger partial charge < -0.3 is 30.8 Å². The van der Waals surface area contributed by atoms with Gasteiger partial charge in [-0.15, -0.1) is 0 Å². The monoisotopic (exact) mass is 592 g/mol. The Hall–Kier alpha value is -5.86. The zero-order valence-corrected chi connectivity index (χ0v) is 24.3. The Labute approximate surface area is 253 Å². The lowest BCUT2D eigenvalue weighted by Gasteiger charge is -2.34. The number of benzene rings is 3. The molecule has 0 saturated heterocycles. The highest BCUT2D eigenvalue weighted by Crippen LogP contribution is 2.37. The summed E-state index contributed by atoms with van der Waals surface area (Å²) in [7, 11) is 4.96. The van der Waals surface area contributed by atoms with Gasteiger partial charge in [-0.2, -0.15) is 4.98 Å². The lowest BCUT2D eigenvalue weighted by molar-refractivity contribution is 0.0845. The Bertz CT molecular complexity index is 1860. The zero-order chi connectivity index (χ0) is 31.4. The molecule has 222 valence electrons. The molecular weight excluding hydrogens is 562 g/mol. The fraction of sp³-hybridized carbons (Fsp3) is 0.152. The molecule has 3 aromatic carbocycles. The Morgan fingerprint density at radius 3 is 2.45 bits per heavy atom. The van der Waals surface area contributed by atoms with Crippen molar-refractivity contribution in [2.24, 2.45) is 0 Å². The van der Waals surface area contributed by atoms with E-state index in [2.05, 4.69) is 21.8 Å². The van der Waals surface area contributed by atoms with Gasteiger partial charge in [-0.25, -0.2) is 9.78 Å². The molecule has 4 aromatic rings. The predicted molar refractivity (Wildman–Crippen MR) is 165 cm³/mol. The number of carbonyl (C=O) groups excluding carboxylic acids is 1. The van der Waals surface area contributed by atoms with Crippen LogP contribution in [0.5, 0.6) is 11.5 Å². The summed E-state index contributed by atoms with van der Waals surface area (Å²) in [4.78, 5) is 32.6. The molecule has 0 fully saturated rings. The summed E-state index contributed by atoms with van der Waals surface area (Å²) in [5.41, 5.74) is 16.4. The van der Waals surface area contributed by atoms with E-state index in [1.165, 1.54) is 13.3 Å². The first-order chi connectivity index (χ1) is 21.1. The highest BCUT2D eigenvalue weighted by atomic mass is 16.7. The maximum Gasteiger partial charge on any atom is 0.511 e. The number of methoxy groups -OCH3 is 2. The van der Waals surface area contributed by atoms with Crippen molar-refractivity contribution in [3.05, 3.63) is 112 Å². The Balaban J connectivity index is 1.56. The van der Waals surface area contributed by atoms with Crippen LogP contribution in [0.3, 0.4) is 0 Å². The Morgan fingerprint density at radius 1 is 1.00 bits per heavy atom. The molecule has 0 radical (unpaired) electrons. The summed E-state index contributed by atoms with van der Waals surface area (Å²) in [5.74, 6) is 6.94. The summed E-state index contributed by atoms with van der Waals surface area (Å²) < 4.78 is 16.2. The molecule has 11 heteroatoms. The lowest BCUT2D eigenvalue weighted by atomic mass is 9.97. The second-order valence-electron chi connectivity index (χ2n) is 10.3.